The van der Waals surface area contributed by atoms with E-state index in [0.717, 1.165) is 25.0 Å². The minimum Gasteiger partial charge on any atom is -0.470 e. The Bertz CT molecular complexity index is 553. The topological polar surface area (TPSA) is 58.6 Å². The lowest BCUT2D eigenvalue weighted by Gasteiger charge is -2.32. The fourth-order valence-electron chi connectivity index (χ4n) is 2.44. The highest BCUT2D eigenvalue weighted by molar-refractivity contribution is 5.88. The lowest BCUT2D eigenvalue weighted by molar-refractivity contribution is -0.128. The molecule has 1 aliphatic rings. The lowest BCUT2D eigenvalue weighted by Crippen LogP contribution is -2.44. The highest BCUT2D eigenvalue weighted by Crippen LogP contribution is 2.24. The molecule has 0 N–H and O–H groups in total. The van der Waals surface area contributed by atoms with E-state index in [1.807, 2.05) is 37.7 Å². The maximum absolute atomic E-state index is 12.1. The number of rotatable bonds is 4. The van der Waals surface area contributed by atoms with Crippen LogP contribution in [0.2, 0.25) is 0 Å². The van der Waals surface area contributed by atoms with Gasteiger partial charge in [0, 0.05) is 39.1 Å². The molecule has 0 radical (unpaired) electrons. The average Bonchev–Trinajstić information content (AvgIpc) is 2.47. The Kier molecular flexibility index (Phi) is 5.35. The number of hydrogen-bond acceptors (Lipinski definition) is 5. The van der Waals surface area contributed by atoms with Gasteiger partial charge in [-0.3, -0.25) is 4.79 Å². The van der Waals surface area contributed by atoms with Gasteiger partial charge in [0.25, 0.3) is 5.88 Å². The zero-order chi connectivity index (χ0) is 16.1. The van der Waals surface area contributed by atoms with Gasteiger partial charge in [-0.2, -0.15) is 0 Å². The molecule has 1 aromatic heterocycles. The van der Waals surface area contributed by atoms with Gasteiger partial charge in [-0.1, -0.05) is 5.57 Å². The number of carbonyl (C=O) groups is 1. The van der Waals surface area contributed by atoms with E-state index in [-0.39, 0.29) is 12.0 Å². The Balaban J connectivity index is 2.05. The molecule has 0 bridgehead atoms. The molecule has 1 saturated heterocycles. The van der Waals surface area contributed by atoms with Crippen molar-refractivity contribution in [2.45, 2.75) is 32.8 Å². The van der Waals surface area contributed by atoms with E-state index < -0.39 is 0 Å². The Hall–Kier alpha value is -2.11. The third-order valence-corrected chi connectivity index (χ3v) is 3.45. The number of hydrogen-bond donors (Lipinski definition) is 0. The second-order valence-corrected chi connectivity index (χ2v) is 5.97. The van der Waals surface area contributed by atoms with Gasteiger partial charge in [0.1, 0.15) is 6.10 Å². The quantitative estimate of drug-likeness (QED) is 0.795. The number of ether oxygens (including phenoxy) is 1. The van der Waals surface area contributed by atoms with Gasteiger partial charge in [-0.05, 0) is 26.7 Å². The van der Waals surface area contributed by atoms with Crippen LogP contribution in [0, 0.1) is 0 Å². The fraction of sp³-hybridized carbons (Fsp3) is 0.562. The molecule has 1 aliphatic heterocycles. The first-order valence-electron chi connectivity index (χ1n) is 7.56. The molecule has 0 aliphatic carbocycles. The molecule has 0 aromatic carbocycles. The summed E-state index contributed by atoms with van der Waals surface area (Å²) in [5, 5.41) is 0. The Morgan fingerprint density at radius 1 is 1.36 bits per heavy atom. The summed E-state index contributed by atoms with van der Waals surface area (Å²) in [6.07, 6.45) is 6.76. The predicted molar refractivity (Wildman–Crippen MR) is 86.0 cm³/mol. The van der Waals surface area contributed by atoms with Crippen LogP contribution < -0.4 is 9.64 Å². The lowest BCUT2D eigenvalue weighted by atomic mass is 10.1. The van der Waals surface area contributed by atoms with Gasteiger partial charge >= 0.3 is 0 Å². The van der Waals surface area contributed by atoms with Crippen molar-refractivity contribution in [2.75, 3.05) is 32.1 Å². The predicted octanol–water partition coefficient (Wildman–Crippen LogP) is 1.88. The van der Waals surface area contributed by atoms with Crippen molar-refractivity contribution in [3.8, 4) is 5.88 Å². The first-order valence-corrected chi connectivity index (χ1v) is 7.56. The zero-order valence-corrected chi connectivity index (χ0v) is 13.7. The molecule has 1 unspecified atom stereocenters. The van der Waals surface area contributed by atoms with Crippen molar-refractivity contribution in [2.24, 2.45) is 0 Å². The number of likely N-dealkylation sites (tertiary alicyclic amines) is 1. The molecule has 1 atom stereocenters. The highest BCUT2D eigenvalue weighted by Gasteiger charge is 2.25. The van der Waals surface area contributed by atoms with Gasteiger partial charge in [-0.25, -0.2) is 9.97 Å². The standard InChI is InChI=1S/C16H24N4O2/c1-12(2)10-14(21)20-9-5-6-13(11-20)22-16-15(19(3)4)17-7-8-18-16/h7-8,10,13H,5-6,9,11H2,1-4H3. The van der Waals surface area contributed by atoms with E-state index >= 15 is 0 Å². The van der Waals surface area contributed by atoms with Gasteiger partial charge in [0.05, 0.1) is 6.54 Å². The number of carbonyl (C=O) groups excluding carboxylic acids is 1. The van der Waals surface area contributed by atoms with Crippen molar-refractivity contribution < 1.29 is 9.53 Å². The SMILES string of the molecule is CC(C)=CC(=O)N1CCCC(Oc2nccnc2N(C)C)C1. The number of piperidine rings is 1. The molecule has 120 valence electrons. The molecule has 6 nitrogen and oxygen atoms in total. The molecule has 6 heteroatoms. The summed E-state index contributed by atoms with van der Waals surface area (Å²) in [5.41, 5.74) is 1.01. The molecular weight excluding hydrogens is 280 g/mol. The summed E-state index contributed by atoms with van der Waals surface area (Å²) in [6, 6.07) is 0. The first-order chi connectivity index (χ1) is 10.5. The molecular formula is C16H24N4O2. The van der Waals surface area contributed by atoms with Crippen molar-refractivity contribution >= 4 is 11.7 Å². The van der Waals surface area contributed by atoms with E-state index in [0.29, 0.717) is 18.2 Å². The summed E-state index contributed by atoms with van der Waals surface area (Å²) in [6.45, 7) is 5.23. The highest BCUT2D eigenvalue weighted by atomic mass is 16.5. The Morgan fingerprint density at radius 2 is 2.09 bits per heavy atom. The normalized spacial score (nSPS) is 17.8. The number of aromatic nitrogens is 2. The molecule has 0 spiro atoms. The second-order valence-electron chi connectivity index (χ2n) is 5.97. The molecule has 2 heterocycles. The van der Waals surface area contributed by atoms with E-state index in [9.17, 15) is 4.79 Å². The second kappa shape index (κ2) is 7.24. The van der Waals surface area contributed by atoms with Gasteiger partial charge in [0.15, 0.2) is 5.82 Å². The van der Waals surface area contributed by atoms with Crippen LogP contribution in [0.3, 0.4) is 0 Å². The number of amides is 1. The maximum Gasteiger partial charge on any atom is 0.257 e. The largest absolute Gasteiger partial charge is 0.470 e. The van der Waals surface area contributed by atoms with Crippen LogP contribution in [0.25, 0.3) is 0 Å². The van der Waals surface area contributed by atoms with Crippen LogP contribution in [0.4, 0.5) is 5.82 Å². The van der Waals surface area contributed by atoms with Crippen LogP contribution in [0.1, 0.15) is 26.7 Å². The van der Waals surface area contributed by atoms with E-state index in [1.54, 1.807) is 18.5 Å². The molecule has 1 fully saturated rings. The third-order valence-electron chi connectivity index (χ3n) is 3.45. The number of allylic oxidation sites excluding steroid dienone is 1. The summed E-state index contributed by atoms with van der Waals surface area (Å²) >= 11 is 0. The summed E-state index contributed by atoms with van der Waals surface area (Å²) < 4.78 is 6.00. The zero-order valence-electron chi connectivity index (χ0n) is 13.7. The summed E-state index contributed by atoms with van der Waals surface area (Å²) in [4.78, 5) is 24.4. The minimum absolute atomic E-state index is 0.0429. The average molecular weight is 304 g/mol. The Labute approximate surface area is 131 Å². The number of anilines is 1. The van der Waals surface area contributed by atoms with Crippen LogP contribution in [0.5, 0.6) is 5.88 Å². The molecule has 1 aromatic rings. The summed E-state index contributed by atoms with van der Waals surface area (Å²) in [7, 11) is 3.81. The van der Waals surface area contributed by atoms with Crippen LogP contribution in [0.15, 0.2) is 24.0 Å². The first kappa shape index (κ1) is 16.3. The molecule has 2 rings (SSSR count). The smallest absolute Gasteiger partial charge is 0.257 e. The van der Waals surface area contributed by atoms with Gasteiger partial charge < -0.3 is 14.5 Å². The van der Waals surface area contributed by atoms with Crippen molar-refractivity contribution in [1.29, 1.82) is 0 Å². The minimum atomic E-state index is -0.0429. The van der Waals surface area contributed by atoms with E-state index in [4.69, 9.17) is 4.74 Å². The summed E-state index contributed by atoms with van der Waals surface area (Å²) in [5.74, 6) is 1.28. The van der Waals surface area contributed by atoms with Crippen molar-refractivity contribution in [3.05, 3.63) is 24.0 Å². The molecule has 1 amide bonds. The van der Waals surface area contributed by atoms with E-state index in [1.165, 1.54) is 0 Å². The Morgan fingerprint density at radius 3 is 2.77 bits per heavy atom. The van der Waals surface area contributed by atoms with Crippen molar-refractivity contribution in [3.63, 3.8) is 0 Å². The van der Waals surface area contributed by atoms with Crippen LogP contribution in [-0.2, 0) is 4.79 Å². The number of nitrogens with zero attached hydrogens (tertiary/aromatic N) is 4. The van der Waals surface area contributed by atoms with Crippen molar-refractivity contribution in [1.82, 2.24) is 14.9 Å². The third kappa shape index (κ3) is 4.19. The van der Waals surface area contributed by atoms with Gasteiger partial charge in [-0.15, -0.1) is 0 Å². The van der Waals surface area contributed by atoms with Crippen LogP contribution in [-0.4, -0.2) is 54.1 Å². The molecule has 0 saturated carbocycles. The van der Waals surface area contributed by atoms with Gasteiger partial charge in [0.2, 0.25) is 5.91 Å². The monoisotopic (exact) mass is 304 g/mol. The maximum atomic E-state index is 12.1. The van der Waals surface area contributed by atoms with Crippen LogP contribution >= 0.6 is 0 Å². The fourth-order valence-corrected chi connectivity index (χ4v) is 2.44. The van der Waals surface area contributed by atoms with E-state index in [2.05, 4.69) is 9.97 Å². The molecule has 22 heavy (non-hydrogen) atoms.